The number of rotatable bonds is 15. The predicted molar refractivity (Wildman–Crippen MR) is 153 cm³/mol. The van der Waals surface area contributed by atoms with Gasteiger partial charge in [0.25, 0.3) is 14.1 Å². The zero-order chi connectivity index (χ0) is 31.0. The Morgan fingerprint density at radius 1 is 1.27 bits per heavy atom. The minimum Gasteiger partial charge on any atom is -0.382 e. The Bertz CT molecular complexity index is 1260. The van der Waals surface area contributed by atoms with E-state index in [4.69, 9.17) is 29.9 Å². The van der Waals surface area contributed by atoms with Gasteiger partial charge in [0.05, 0.1) is 44.7 Å². The fraction of sp³-hybridized carbons (Fsp3) is 0.731. The van der Waals surface area contributed by atoms with Gasteiger partial charge in [0, 0.05) is 26.5 Å². The van der Waals surface area contributed by atoms with E-state index in [9.17, 15) is 9.59 Å². The van der Waals surface area contributed by atoms with E-state index in [0.717, 1.165) is 0 Å². The highest BCUT2D eigenvalue weighted by atomic mass is 31.2. The van der Waals surface area contributed by atoms with Crippen LogP contribution in [0.1, 0.15) is 62.5 Å². The quantitative estimate of drug-likeness (QED) is 0.229. The van der Waals surface area contributed by atoms with E-state index >= 15 is 0 Å². The van der Waals surface area contributed by atoms with E-state index in [-0.39, 0.29) is 67.6 Å². The Morgan fingerprint density at radius 3 is 2.61 bits per heavy atom. The SMILES string of the molecule is [2H]C[C@H]1O[C@@H](n2cnc3c(=O)[nH]c(NC(=O)C(C)C)nc32)[C@H](OCCOC)[C@@H]1OP(OCCC#N)N(C(C)C)C(C)C. The summed E-state index contributed by atoms with van der Waals surface area (Å²) in [4.78, 5) is 36.4. The van der Waals surface area contributed by atoms with Gasteiger partial charge >= 0.3 is 0 Å². The number of nitrogens with one attached hydrogen (secondary N) is 2. The van der Waals surface area contributed by atoms with Gasteiger partial charge in [0.2, 0.25) is 11.9 Å². The molecule has 0 radical (unpaired) electrons. The maximum atomic E-state index is 12.8. The summed E-state index contributed by atoms with van der Waals surface area (Å²) in [7, 11) is -0.116. The summed E-state index contributed by atoms with van der Waals surface area (Å²) < 4.78 is 42.4. The van der Waals surface area contributed by atoms with Crippen molar-refractivity contribution in [2.24, 2.45) is 5.92 Å². The summed E-state index contributed by atoms with van der Waals surface area (Å²) in [5.41, 5.74) is -0.307. The first-order valence-electron chi connectivity index (χ1n) is 14.3. The molecule has 228 valence electrons. The lowest BCUT2D eigenvalue weighted by Crippen LogP contribution is -2.39. The van der Waals surface area contributed by atoms with Crippen molar-refractivity contribution in [3.05, 3.63) is 16.7 Å². The van der Waals surface area contributed by atoms with E-state index in [1.807, 2.05) is 27.7 Å². The molecule has 0 aliphatic carbocycles. The van der Waals surface area contributed by atoms with Crippen LogP contribution in [0.15, 0.2) is 11.1 Å². The number of nitrogens with zero attached hydrogens (tertiary/aromatic N) is 5. The fourth-order valence-corrected chi connectivity index (χ4v) is 6.10. The standard InChI is InChI=1S/C26H42N7O7P/c1-15(2)23(34)30-26-29-22-19(24(35)31-26)28-14-32(22)25-21(37-13-12-36-8)20(18(7)39-25)40-41(38-11-9-10-27)33(16(3)4)17(5)6/h14-18,20-21,25H,9,11-13H2,1-8H3,(H2,29,30,31,34,35)/t18-,20-,21-,25-,41?/m1/s1/i7D. The Kier molecular flexibility index (Phi) is 11.6. The molecule has 0 aromatic carbocycles. The van der Waals surface area contributed by atoms with E-state index in [1.165, 1.54) is 6.33 Å². The van der Waals surface area contributed by atoms with Crippen LogP contribution >= 0.6 is 8.53 Å². The minimum absolute atomic E-state index is 0.0217. The highest BCUT2D eigenvalue weighted by molar-refractivity contribution is 7.44. The molecule has 1 saturated heterocycles. The van der Waals surface area contributed by atoms with Crippen molar-refractivity contribution in [3.63, 3.8) is 0 Å². The van der Waals surface area contributed by atoms with Gasteiger partial charge in [-0.25, -0.2) is 9.65 Å². The summed E-state index contributed by atoms with van der Waals surface area (Å²) in [6.07, 6.45) is -1.51. The molecular weight excluding hydrogens is 553 g/mol. The van der Waals surface area contributed by atoms with E-state index in [0.29, 0.717) is 6.61 Å². The molecule has 0 bridgehead atoms. The molecule has 41 heavy (non-hydrogen) atoms. The number of imidazole rings is 1. The number of hydrogen-bond donors (Lipinski definition) is 2. The number of hydrogen-bond acceptors (Lipinski definition) is 11. The van der Waals surface area contributed by atoms with Gasteiger partial charge in [-0.15, -0.1) is 0 Å². The lowest BCUT2D eigenvalue weighted by molar-refractivity contribution is -0.118. The smallest absolute Gasteiger partial charge is 0.280 e. The molecule has 2 aromatic heterocycles. The van der Waals surface area contributed by atoms with Crippen LogP contribution in [-0.4, -0.2) is 87.4 Å². The second-order valence-electron chi connectivity index (χ2n) is 10.4. The Labute approximate surface area is 243 Å². The number of carbonyl (C=O) groups excluding carboxylic acids is 1. The molecule has 1 aliphatic heterocycles. The van der Waals surface area contributed by atoms with Gasteiger partial charge in [-0.1, -0.05) is 13.8 Å². The van der Waals surface area contributed by atoms with Crippen molar-refractivity contribution >= 4 is 31.5 Å². The van der Waals surface area contributed by atoms with Crippen molar-refractivity contribution in [3.8, 4) is 6.07 Å². The van der Waals surface area contributed by atoms with E-state index in [2.05, 4.69) is 31.0 Å². The summed E-state index contributed by atoms with van der Waals surface area (Å²) >= 11 is 0. The Hall–Kier alpha value is -2.50. The summed E-state index contributed by atoms with van der Waals surface area (Å²) in [6.45, 7) is 12.1. The van der Waals surface area contributed by atoms with Gasteiger partial charge < -0.3 is 23.3 Å². The van der Waals surface area contributed by atoms with Crippen LogP contribution in [0.2, 0.25) is 0 Å². The van der Waals surface area contributed by atoms with Crippen molar-refractivity contribution < 1.29 is 29.4 Å². The highest BCUT2D eigenvalue weighted by Gasteiger charge is 2.48. The van der Waals surface area contributed by atoms with Crippen LogP contribution < -0.4 is 10.9 Å². The predicted octanol–water partition coefficient (Wildman–Crippen LogP) is 3.32. The highest BCUT2D eigenvalue weighted by Crippen LogP contribution is 2.50. The number of aromatic nitrogens is 4. The molecule has 1 unspecified atom stereocenters. The maximum absolute atomic E-state index is 12.8. The zero-order valence-corrected chi connectivity index (χ0v) is 25.6. The number of amides is 1. The molecule has 2 N–H and O–H groups in total. The van der Waals surface area contributed by atoms with Crippen LogP contribution in [0, 0.1) is 17.2 Å². The number of ether oxygens (including phenoxy) is 3. The topological polar surface area (TPSA) is 166 Å². The third kappa shape index (κ3) is 8.08. The maximum Gasteiger partial charge on any atom is 0.280 e. The first kappa shape index (κ1) is 31.4. The molecule has 1 fully saturated rings. The van der Waals surface area contributed by atoms with Crippen molar-refractivity contribution in [2.75, 3.05) is 32.2 Å². The van der Waals surface area contributed by atoms with Crippen molar-refractivity contribution in [1.82, 2.24) is 24.2 Å². The van der Waals surface area contributed by atoms with Gasteiger partial charge in [-0.05, 0) is 34.6 Å². The number of nitriles is 1. The zero-order valence-electron chi connectivity index (χ0n) is 25.7. The van der Waals surface area contributed by atoms with Crippen molar-refractivity contribution in [1.29, 1.82) is 5.26 Å². The number of aromatic amines is 1. The molecule has 14 nitrogen and oxygen atoms in total. The number of anilines is 1. The van der Waals surface area contributed by atoms with Gasteiger partial charge in [-0.3, -0.25) is 24.5 Å². The summed E-state index contributed by atoms with van der Waals surface area (Å²) in [5.74, 6) is -0.662. The molecule has 0 saturated carbocycles. The second kappa shape index (κ2) is 15.1. The van der Waals surface area contributed by atoms with Crippen LogP contribution in [0.3, 0.4) is 0 Å². The van der Waals surface area contributed by atoms with Crippen LogP contribution in [0.25, 0.3) is 11.2 Å². The van der Waals surface area contributed by atoms with Gasteiger partial charge in [-0.2, -0.15) is 10.2 Å². The van der Waals surface area contributed by atoms with Gasteiger partial charge in [0.1, 0.15) is 12.2 Å². The minimum atomic E-state index is -1.68. The van der Waals surface area contributed by atoms with Crippen molar-refractivity contribution in [2.45, 2.75) is 91.5 Å². The van der Waals surface area contributed by atoms with Crippen LogP contribution in [0.5, 0.6) is 0 Å². The molecule has 1 aliphatic rings. The van der Waals surface area contributed by atoms with Gasteiger partial charge in [0.15, 0.2) is 17.4 Å². The molecule has 0 spiro atoms. The number of methoxy groups -OCH3 is 1. The molecule has 1 amide bonds. The summed E-state index contributed by atoms with van der Waals surface area (Å²) in [6, 6.07) is 2.22. The Balaban J connectivity index is 2.04. The number of fused-ring (bicyclic) bond motifs is 1. The number of H-pyrrole nitrogens is 1. The molecule has 5 atom stereocenters. The Morgan fingerprint density at radius 2 is 2.00 bits per heavy atom. The normalized spacial score (nSPS) is 22.1. The van der Waals surface area contributed by atoms with E-state index < -0.39 is 38.6 Å². The number of carbonyl (C=O) groups is 1. The average Bonchev–Trinajstić information content (AvgIpc) is 3.49. The monoisotopic (exact) mass is 596 g/mol. The lowest BCUT2D eigenvalue weighted by atomic mass is 10.1. The third-order valence-corrected chi connectivity index (χ3v) is 8.36. The third-order valence-electron chi connectivity index (χ3n) is 6.23. The molecular formula is C26H42N7O7P. The van der Waals surface area contributed by atoms with Crippen LogP contribution in [-0.2, 0) is 28.1 Å². The fourth-order valence-electron chi connectivity index (χ4n) is 4.34. The second-order valence-corrected chi connectivity index (χ2v) is 11.8. The largest absolute Gasteiger partial charge is 0.382 e. The van der Waals surface area contributed by atoms with Crippen LogP contribution in [0.4, 0.5) is 5.95 Å². The molecule has 2 aromatic rings. The lowest BCUT2D eigenvalue weighted by Gasteiger charge is -2.38. The average molecular weight is 597 g/mol. The molecule has 3 rings (SSSR count). The first-order chi connectivity index (χ1) is 20.0. The first-order valence-corrected chi connectivity index (χ1v) is 14.7. The molecule has 3 heterocycles. The molecule has 15 heteroatoms. The summed E-state index contributed by atoms with van der Waals surface area (Å²) in [5, 5.41) is 11.7. The van der Waals surface area contributed by atoms with E-state index in [1.54, 1.807) is 25.5 Å².